The molecule has 0 aliphatic heterocycles. The summed E-state index contributed by atoms with van der Waals surface area (Å²) in [7, 11) is 3.09. The van der Waals surface area contributed by atoms with Crippen LogP contribution in [-0.4, -0.2) is 25.9 Å². The molecular weight excluding hydrogens is 260 g/mol. The van der Waals surface area contributed by atoms with Crippen molar-refractivity contribution in [3.05, 3.63) is 23.8 Å². The van der Waals surface area contributed by atoms with E-state index in [1.807, 2.05) is 26.8 Å². The van der Waals surface area contributed by atoms with Crippen molar-refractivity contribution in [3.8, 4) is 5.75 Å². The standard InChI is InChI=1S/C14H22N2O4/c1-14(2,3)20-13(17)16-11-8-10(9-15-19-5)6-7-12(11)18-4/h6-8,15H,9H2,1-5H3,(H,16,17). The van der Waals surface area contributed by atoms with Crippen molar-refractivity contribution in [1.29, 1.82) is 0 Å². The summed E-state index contributed by atoms with van der Waals surface area (Å²) in [5, 5.41) is 2.68. The maximum Gasteiger partial charge on any atom is 0.412 e. The first-order valence-corrected chi connectivity index (χ1v) is 6.28. The van der Waals surface area contributed by atoms with Gasteiger partial charge in [0.2, 0.25) is 0 Å². The normalized spacial score (nSPS) is 11.1. The van der Waals surface area contributed by atoms with Gasteiger partial charge in [-0.05, 0) is 38.5 Å². The minimum atomic E-state index is -0.549. The highest BCUT2D eigenvalue weighted by molar-refractivity contribution is 5.87. The molecule has 1 aromatic rings. The Bertz CT molecular complexity index is 455. The lowest BCUT2D eigenvalue weighted by atomic mass is 10.2. The number of hydroxylamine groups is 1. The monoisotopic (exact) mass is 282 g/mol. The first kappa shape index (κ1) is 16.3. The summed E-state index contributed by atoms with van der Waals surface area (Å²) < 4.78 is 10.4. The molecule has 0 heterocycles. The molecule has 0 saturated carbocycles. The van der Waals surface area contributed by atoms with Gasteiger partial charge in [0.05, 0.1) is 19.9 Å². The van der Waals surface area contributed by atoms with Crippen LogP contribution in [-0.2, 0) is 16.1 Å². The average molecular weight is 282 g/mol. The van der Waals surface area contributed by atoms with Gasteiger partial charge in [-0.1, -0.05) is 6.07 Å². The molecule has 6 heteroatoms. The summed E-state index contributed by atoms with van der Waals surface area (Å²) in [6.07, 6.45) is -0.521. The van der Waals surface area contributed by atoms with E-state index >= 15 is 0 Å². The largest absolute Gasteiger partial charge is 0.495 e. The Balaban J connectivity index is 2.82. The first-order valence-electron chi connectivity index (χ1n) is 6.28. The predicted molar refractivity (Wildman–Crippen MR) is 76.7 cm³/mol. The van der Waals surface area contributed by atoms with Crippen molar-refractivity contribution in [3.63, 3.8) is 0 Å². The number of anilines is 1. The third-order valence-corrected chi connectivity index (χ3v) is 2.32. The van der Waals surface area contributed by atoms with Gasteiger partial charge < -0.3 is 14.3 Å². The molecule has 0 saturated heterocycles. The Morgan fingerprint density at radius 3 is 2.50 bits per heavy atom. The molecule has 0 aliphatic carbocycles. The van der Waals surface area contributed by atoms with E-state index in [-0.39, 0.29) is 0 Å². The number of carbonyl (C=O) groups excluding carboxylic acids is 1. The van der Waals surface area contributed by atoms with Gasteiger partial charge >= 0.3 is 6.09 Å². The van der Waals surface area contributed by atoms with E-state index in [2.05, 4.69) is 10.8 Å². The maximum absolute atomic E-state index is 11.8. The lowest BCUT2D eigenvalue weighted by Crippen LogP contribution is -2.27. The van der Waals surface area contributed by atoms with Crippen LogP contribution in [0.1, 0.15) is 26.3 Å². The highest BCUT2D eigenvalue weighted by atomic mass is 16.6. The summed E-state index contributed by atoms with van der Waals surface area (Å²) >= 11 is 0. The van der Waals surface area contributed by atoms with Gasteiger partial charge in [-0.3, -0.25) is 5.32 Å². The highest BCUT2D eigenvalue weighted by Crippen LogP contribution is 2.26. The minimum Gasteiger partial charge on any atom is -0.495 e. The first-order chi connectivity index (χ1) is 9.35. The number of hydrogen-bond acceptors (Lipinski definition) is 5. The van der Waals surface area contributed by atoms with Gasteiger partial charge in [-0.2, -0.15) is 5.48 Å². The number of hydrogen-bond donors (Lipinski definition) is 2. The van der Waals surface area contributed by atoms with Crippen LogP contribution in [0.3, 0.4) is 0 Å². The zero-order chi connectivity index (χ0) is 15.2. The predicted octanol–water partition coefficient (Wildman–Crippen LogP) is 2.69. The number of ether oxygens (including phenoxy) is 2. The fourth-order valence-electron chi connectivity index (χ4n) is 1.53. The molecule has 0 radical (unpaired) electrons. The molecule has 0 unspecified atom stereocenters. The van der Waals surface area contributed by atoms with Crippen LogP contribution in [0.4, 0.5) is 10.5 Å². The Kier molecular flexibility index (Phi) is 5.79. The number of nitrogens with one attached hydrogen (secondary N) is 2. The van der Waals surface area contributed by atoms with E-state index in [4.69, 9.17) is 14.3 Å². The molecule has 6 nitrogen and oxygen atoms in total. The summed E-state index contributed by atoms with van der Waals surface area (Å²) in [6, 6.07) is 5.46. The van der Waals surface area contributed by atoms with E-state index in [1.54, 1.807) is 26.4 Å². The lowest BCUT2D eigenvalue weighted by molar-refractivity contribution is 0.0635. The second kappa shape index (κ2) is 7.12. The molecule has 1 rings (SSSR count). The summed E-state index contributed by atoms with van der Waals surface area (Å²) in [4.78, 5) is 16.6. The molecule has 0 fully saturated rings. The molecule has 1 aromatic carbocycles. The van der Waals surface area contributed by atoms with Crippen molar-refractivity contribution < 1.29 is 19.1 Å². The topological polar surface area (TPSA) is 68.8 Å². The van der Waals surface area contributed by atoms with Crippen LogP contribution in [0.15, 0.2) is 18.2 Å². The van der Waals surface area contributed by atoms with Crippen molar-refractivity contribution in [2.75, 3.05) is 19.5 Å². The zero-order valence-electron chi connectivity index (χ0n) is 12.6. The molecule has 112 valence electrons. The quantitative estimate of drug-likeness (QED) is 0.813. The molecular formula is C14H22N2O4. The van der Waals surface area contributed by atoms with Crippen molar-refractivity contribution in [2.45, 2.75) is 32.9 Å². The van der Waals surface area contributed by atoms with Crippen LogP contribution >= 0.6 is 0 Å². The molecule has 0 aromatic heterocycles. The third kappa shape index (κ3) is 5.46. The van der Waals surface area contributed by atoms with Crippen LogP contribution in [0.5, 0.6) is 5.75 Å². The average Bonchev–Trinajstić information content (AvgIpc) is 2.34. The van der Waals surface area contributed by atoms with E-state index < -0.39 is 11.7 Å². The molecule has 0 atom stereocenters. The summed E-state index contributed by atoms with van der Waals surface area (Å²) in [5.41, 5.74) is 3.68. The summed E-state index contributed by atoms with van der Waals surface area (Å²) in [5.74, 6) is 0.567. The Labute approximate surface area is 119 Å². The number of rotatable bonds is 5. The van der Waals surface area contributed by atoms with Crippen LogP contribution < -0.4 is 15.5 Å². The Morgan fingerprint density at radius 1 is 1.25 bits per heavy atom. The van der Waals surface area contributed by atoms with E-state index in [9.17, 15) is 4.79 Å². The number of amides is 1. The molecule has 0 spiro atoms. The van der Waals surface area contributed by atoms with Crippen LogP contribution in [0.2, 0.25) is 0 Å². The van der Waals surface area contributed by atoms with Gasteiger partial charge in [-0.25, -0.2) is 4.79 Å². The number of methoxy groups -OCH3 is 1. The van der Waals surface area contributed by atoms with E-state index in [1.165, 1.54) is 0 Å². The van der Waals surface area contributed by atoms with Gasteiger partial charge in [-0.15, -0.1) is 0 Å². The smallest absolute Gasteiger partial charge is 0.412 e. The second-order valence-corrected chi connectivity index (χ2v) is 5.19. The SMILES string of the molecule is CONCc1ccc(OC)c(NC(=O)OC(C)(C)C)c1. The van der Waals surface area contributed by atoms with E-state index in [0.29, 0.717) is 18.0 Å². The van der Waals surface area contributed by atoms with Gasteiger partial charge in [0.25, 0.3) is 0 Å². The molecule has 0 bridgehead atoms. The molecule has 20 heavy (non-hydrogen) atoms. The van der Waals surface area contributed by atoms with Crippen molar-refractivity contribution >= 4 is 11.8 Å². The van der Waals surface area contributed by atoms with Gasteiger partial charge in [0, 0.05) is 6.54 Å². The molecule has 2 N–H and O–H groups in total. The maximum atomic E-state index is 11.8. The van der Waals surface area contributed by atoms with Crippen molar-refractivity contribution in [1.82, 2.24) is 5.48 Å². The Hall–Kier alpha value is -1.79. The summed E-state index contributed by atoms with van der Waals surface area (Å²) in [6.45, 7) is 5.94. The number of carbonyl (C=O) groups is 1. The fourth-order valence-corrected chi connectivity index (χ4v) is 1.53. The van der Waals surface area contributed by atoms with Crippen LogP contribution in [0, 0.1) is 0 Å². The van der Waals surface area contributed by atoms with Crippen molar-refractivity contribution in [2.24, 2.45) is 0 Å². The molecule has 1 amide bonds. The number of benzene rings is 1. The van der Waals surface area contributed by atoms with Gasteiger partial charge in [0.1, 0.15) is 11.4 Å². The highest BCUT2D eigenvalue weighted by Gasteiger charge is 2.17. The molecule has 0 aliphatic rings. The van der Waals surface area contributed by atoms with E-state index in [0.717, 1.165) is 5.56 Å². The minimum absolute atomic E-state index is 0.517. The van der Waals surface area contributed by atoms with Crippen LogP contribution in [0.25, 0.3) is 0 Å². The second-order valence-electron chi connectivity index (χ2n) is 5.19. The van der Waals surface area contributed by atoms with Gasteiger partial charge in [0.15, 0.2) is 0 Å². The third-order valence-electron chi connectivity index (χ3n) is 2.32. The zero-order valence-corrected chi connectivity index (χ0v) is 12.6. The fraction of sp³-hybridized carbons (Fsp3) is 0.500. The Morgan fingerprint density at radius 2 is 1.95 bits per heavy atom. The lowest BCUT2D eigenvalue weighted by Gasteiger charge is -2.20.